The lowest BCUT2D eigenvalue weighted by atomic mass is 10.2. The van der Waals surface area contributed by atoms with E-state index in [0.29, 0.717) is 30.5 Å². The van der Waals surface area contributed by atoms with E-state index in [-0.39, 0.29) is 5.91 Å². The van der Waals surface area contributed by atoms with E-state index in [0.717, 1.165) is 15.9 Å². The molecule has 0 aliphatic rings. The van der Waals surface area contributed by atoms with Crippen LogP contribution in [0.25, 0.3) is 0 Å². The number of nitrogens with one attached hydrogen (secondary N) is 1. The van der Waals surface area contributed by atoms with Gasteiger partial charge in [-0.3, -0.25) is 4.79 Å². The molecule has 4 nitrogen and oxygen atoms in total. The maximum Gasteiger partial charge on any atom is 0.226 e. The third-order valence-corrected chi connectivity index (χ3v) is 4.43. The largest absolute Gasteiger partial charge is 0.492 e. The third-order valence-electron chi connectivity index (χ3n) is 3.00. The van der Waals surface area contributed by atoms with E-state index < -0.39 is 0 Å². The smallest absolute Gasteiger partial charge is 0.226 e. The number of benzene rings is 1. The van der Waals surface area contributed by atoms with Crippen LogP contribution in [0.1, 0.15) is 38.3 Å². The number of aromatic nitrogens is 1. The molecule has 1 N–H and O–H groups in total. The Morgan fingerprint density at radius 2 is 2.18 bits per heavy atom. The van der Waals surface area contributed by atoms with Crippen LogP contribution < -0.4 is 10.1 Å². The quantitative estimate of drug-likeness (QED) is 0.697. The molecule has 2 aromatic rings. The molecule has 0 bridgehead atoms. The maximum absolute atomic E-state index is 11.9. The molecule has 0 saturated heterocycles. The summed E-state index contributed by atoms with van der Waals surface area (Å²) in [5.41, 5.74) is 1.01. The number of rotatable bonds is 7. The van der Waals surface area contributed by atoms with Crippen molar-refractivity contribution < 1.29 is 9.53 Å². The van der Waals surface area contributed by atoms with Crippen LogP contribution in [-0.2, 0) is 4.79 Å². The summed E-state index contributed by atoms with van der Waals surface area (Å²) in [6.45, 7) is 4.67. The molecule has 0 aliphatic carbocycles. The number of hydrogen-bond acceptors (Lipinski definition) is 4. The number of ether oxygens (including phenoxy) is 1. The first kappa shape index (κ1) is 17.0. The molecule has 6 heteroatoms. The van der Waals surface area contributed by atoms with E-state index in [1.807, 2.05) is 29.6 Å². The van der Waals surface area contributed by atoms with Crippen LogP contribution in [0, 0.1) is 0 Å². The zero-order valence-corrected chi connectivity index (χ0v) is 15.0. The molecule has 0 atom stereocenters. The number of nitrogens with zero attached hydrogens (tertiary/aromatic N) is 1. The van der Waals surface area contributed by atoms with Gasteiger partial charge in [0.25, 0.3) is 0 Å². The standard InChI is InChI=1S/C16H19BrN2O2S/c1-11(2)13-10-22-16(18-13)19-15(20)8-5-9-21-14-7-4-3-6-12(14)17/h3-4,6-7,10-11H,5,8-9H2,1-2H3,(H,18,19,20). The van der Waals surface area contributed by atoms with Gasteiger partial charge in [0.05, 0.1) is 16.8 Å². The summed E-state index contributed by atoms with van der Waals surface area (Å²) in [5.74, 6) is 1.14. The third kappa shape index (κ3) is 5.10. The summed E-state index contributed by atoms with van der Waals surface area (Å²) in [7, 11) is 0. The maximum atomic E-state index is 11.9. The molecule has 1 aromatic heterocycles. The van der Waals surface area contributed by atoms with Crippen molar-refractivity contribution in [3.05, 3.63) is 39.8 Å². The van der Waals surface area contributed by atoms with Gasteiger partial charge in [-0.25, -0.2) is 4.98 Å². The molecule has 1 aromatic carbocycles. The lowest BCUT2D eigenvalue weighted by Crippen LogP contribution is -2.12. The fourth-order valence-corrected chi connectivity index (χ4v) is 3.05. The normalized spacial score (nSPS) is 10.7. The highest BCUT2D eigenvalue weighted by Crippen LogP contribution is 2.24. The van der Waals surface area contributed by atoms with Crippen molar-refractivity contribution in [2.24, 2.45) is 0 Å². The first-order valence-electron chi connectivity index (χ1n) is 7.19. The van der Waals surface area contributed by atoms with E-state index in [2.05, 4.69) is 40.1 Å². The minimum Gasteiger partial charge on any atom is -0.492 e. The van der Waals surface area contributed by atoms with Crippen LogP contribution in [-0.4, -0.2) is 17.5 Å². The SMILES string of the molecule is CC(C)c1csc(NC(=O)CCCOc2ccccc2Br)n1. The Morgan fingerprint density at radius 1 is 1.41 bits per heavy atom. The molecule has 0 fully saturated rings. The highest BCUT2D eigenvalue weighted by atomic mass is 79.9. The van der Waals surface area contributed by atoms with Gasteiger partial charge in [0.1, 0.15) is 5.75 Å². The molecule has 0 saturated carbocycles. The number of thiazole rings is 1. The molecular formula is C16H19BrN2O2S. The second-order valence-electron chi connectivity index (χ2n) is 5.16. The molecular weight excluding hydrogens is 364 g/mol. The number of hydrogen-bond donors (Lipinski definition) is 1. The van der Waals surface area contributed by atoms with E-state index in [1.165, 1.54) is 11.3 Å². The molecule has 2 rings (SSSR count). The van der Waals surface area contributed by atoms with Gasteiger partial charge < -0.3 is 10.1 Å². The Labute approximate surface area is 143 Å². The minimum atomic E-state index is -0.0274. The Balaban J connectivity index is 1.70. The van der Waals surface area contributed by atoms with Crippen molar-refractivity contribution >= 4 is 38.3 Å². The van der Waals surface area contributed by atoms with E-state index in [1.54, 1.807) is 0 Å². The predicted molar refractivity (Wildman–Crippen MR) is 93.7 cm³/mol. The molecule has 0 radical (unpaired) electrons. The van der Waals surface area contributed by atoms with Crippen LogP contribution in [0.15, 0.2) is 34.1 Å². The van der Waals surface area contributed by atoms with Crippen molar-refractivity contribution in [1.29, 1.82) is 0 Å². The summed E-state index contributed by atoms with van der Waals surface area (Å²) >= 11 is 4.89. The summed E-state index contributed by atoms with van der Waals surface area (Å²) in [5, 5.41) is 5.48. The number of amides is 1. The van der Waals surface area contributed by atoms with Gasteiger partial charge in [-0.05, 0) is 40.4 Å². The predicted octanol–water partition coefficient (Wildman–Crippen LogP) is 4.83. The zero-order valence-electron chi connectivity index (χ0n) is 12.6. The average Bonchev–Trinajstić information content (AvgIpc) is 2.94. The van der Waals surface area contributed by atoms with Crippen LogP contribution in [0.2, 0.25) is 0 Å². The van der Waals surface area contributed by atoms with Crippen LogP contribution in [0.5, 0.6) is 5.75 Å². The van der Waals surface area contributed by atoms with Crippen molar-refractivity contribution in [2.45, 2.75) is 32.6 Å². The Kier molecular flexibility index (Phi) is 6.39. The molecule has 0 spiro atoms. The Morgan fingerprint density at radius 3 is 2.86 bits per heavy atom. The van der Waals surface area contributed by atoms with Crippen molar-refractivity contribution in [1.82, 2.24) is 4.98 Å². The first-order chi connectivity index (χ1) is 10.6. The lowest BCUT2D eigenvalue weighted by Gasteiger charge is -2.07. The van der Waals surface area contributed by atoms with Gasteiger partial charge >= 0.3 is 0 Å². The molecule has 1 amide bonds. The van der Waals surface area contributed by atoms with Crippen molar-refractivity contribution in [3.63, 3.8) is 0 Å². The van der Waals surface area contributed by atoms with Crippen molar-refractivity contribution in [3.8, 4) is 5.75 Å². The van der Waals surface area contributed by atoms with Gasteiger partial charge in [0.2, 0.25) is 5.91 Å². The molecule has 22 heavy (non-hydrogen) atoms. The molecule has 118 valence electrons. The van der Waals surface area contributed by atoms with Crippen LogP contribution in [0.4, 0.5) is 5.13 Å². The number of carbonyl (C=O) groups excluding carboxylic acids is 1. The molecule has 0 unspecified atom stereocenters. The van der Waals surface area contributed by atoms with Gasteiger partial charge in [0.15, 0.2) is 5.13 Å². The number of carbonyl (C=O) groups is 1. The van der Waals surface area contributed by atoms with Crippen molar-refractivity contribution in [2.75, 3.05) is 11.9 Å². The highest BCUT2D eigenvalue weighted by molar-refractivity contribution is 9.10. The average molecular weight is 383 g/mol. The number of para-hydroxylation sites is 1. The summed E-state index contributed by atoms with van der Waals surface area (Å²) < 4.78 is 6.55. The highest BCUT2D eigenvalue weighted by Gasteiger charge is 2.09. The Bertz CT molecular complexity index is 628. The summed E-state index contributed by atoms with van der Waals surface area (Å²) in [4.78, 5) is 16.2. The fraction of sp³-hybridized carbons (Fsp3) is 0.375. The Hall–Kier alpha value is -1.40. The van der Waals surface area contributed by atoms with E-state index >= 15 is 0 Å². The minimum absolute atomic E-state index is 0.0274. The second kappa shape index (κ2) is 8.29. The summed E-state index contributed by atoms with van der Waals surface area (Å²) in [6, 6.07) is 7.68. The summed E-state index contributed by atoms with van der Waals surface area (Å²) in [6.07, 6.45) is 1.08. The number of anilines is 1. The van der Waals surface area contributed by atoms with Crippen LogP contribution >= 0.6 is 27.3 Å². The monoisotopic (exact) mass is 382 g/mol. The molecule has 1 heterocycles. The fourth-order valence-electron chi connectivity index (χ4n) is 1.77. The number of halogens is 1. The van der Waals surface area contributed by atoms with Gasteiger partial charge in [-0.1, -0.05) is 26.0 Å². The van der Waals surface area contributed by atoms with Gasteiger partial charge in [0, 0.05) is 11.8 Å². The van der Waals surface area contributed by atoms with Crippen LogP contribution in [0.3, 0.4) is 0 Å². The molecule has 0 aliphatic heterocycles. The van der Waals surface area contributed by atoms with Gasteiger partial charge in [-0.15, -0.1) is 11.3 Å². The van der Waals surface area contributed by atoms with E-state index in [9.17, 15) is 4.79 Å². The van der Waals surface area contributed by atoms with Gasteiger partial charge in [-0.2, -0.15) is 0 Å². The second-order valence-corrected chi connectivity index (χ2v) is 6.88. The topological polar surface area (TPSA) is 51.2 Å². The van der Waals surface area contributed by atoms with E-state index in [4.69, 9.17) is 4.74 Å². The first-order valence-corrected chi connectivity index (χ1v) is 8.86. The zero-order chi connectivity index (χ0) is 15.9. The lowest BCUT2D eigenvalue weighted by molar-refractivity contribution is -0.116.